The molecule has 4 nitrogen and oxygen atoms in total. The second-order valence-corrected chi connectivity index (χ2v) is 31.1. The SMILES string of the molecule is CC(C)(C)c1ccc2c(c1)c1cc(C(C)(C)C)ccc1n2-c1ccc2c(c1)N(c1ccc3c4ccccc4c4ccccc4c3c1)c1cc(-n3c4ccccc4c4ccccc43)cc3c1B2c1cc2c4ccccc4c4ccccc4c2cc1N3c1ccc2c3ccccc3c3ccccc3c2c1. The fourth-order valence-corrected chi connectivity index (χ4v) is 18.7. The Morgan fingerprint density at radius 1 is 0.204 bits per heavy atom. The predicted octanol–water partition coefficient (Wildman–Crippen LogP) is 24.9. The van der Waals surface area contributed by atoms with Crippen LogP contribution in [0.5, 0.6) is 0 Å². The van der Waals surface area contributed by atoms with Crippen LogP contribution in [0.1, 0.15) is 52.7 Å². The van der Waals surface area contributed by atoms with Crippen molar-refractivity contribution in [3.63, 3.8) is 0 Å². The first-order valence-electron chi connectivity index (χ1n) is 36.4. The van der Waals surface area contributed by atoms with Gasteiger partial charge in [0.1, 0.15) is 0 Å². The standard InChI is InChI=1S/C98H69BN4/c1-97(2,3)58-39-47-90-84(49-58)85-50-59(98(4,5)6)40-48-91(85)100(90)62-43-46-86-92(53-62)101(60-41-44-76-70-29-9-7-23-64(70)66-25-11-15-31-72(66)80(76)51-60)94-54-63(103-88-37-21-19-35-78(88)79-36-20-22-38-89(79)103)55-95-96(94)99(86)87-56-82-74-33-17-13-27-68(74)69-28-14-18-34-75(69)83(82)57-93(87)102(95)61-42-45-77-71-30-10-8-24-65(71)67-26-12-16-32-73(67)81(77)52-61/h7-57H,1-6H3. The summed E-state index contributed by atoms with van der Waals surface area (Å²) in [5.41, 5.74) is 20.0. The van der Waals surface area contributed by atoms with Crippen molar-refractivity contribution in [2.45, 2.75) is 52.4 Å². The minimum atomic E-state index is -0.226. The van der Waals surface area contributed by atoms with E-state index in [0.29, 0.717) is 0 Å². The molecule has 0 atom stereocenters. The van der Waals surface area contributed by atoms with Crippen LogP contribution in [-0.2, 0) is 10.8 Å². The summed E-state index contributed by atoms with van der Waals surface area (Å²) in [6.07, 6.45) is 0. The maximum Gasteiger partial charge on any atom is 0.252 e. The molecule has 0 aliphatic carbocycles. The van der Waals surface area contributed by atoms with Gasteiger partial charge in [0.2, 0.25) is 0 Å². The Kier molecular flexibility index (Phi) is 11.9. The van der Waals surface area contributed by atoms with Gasteiger partial charge in [0, 0.05) is 61.4 Å². The van der Waals surface area contributed by atoms with Crippen molar-refractivity contribution < 1.29 is 0 Å². The molecular formula is C98H69BN4. The van der Waals surface area contributed by atoms with E-state index in [1.54, 1.807) is 0 Å². The van der Waals surface area contributed by atoms with Gasteiger partial charge in [-0.05, 0) is 226 Å². The molecule has 0 unspecified atom stereocenters. The van der Waals surface area contributed by atoms with E-state index in [2.05, 4.69) is 370 Å². The van der Waals surface area contributed by atoms with Crippen LogP contribution in [0, 0.1) is 0 Å². The van der Waals surface area contributed by atoms with Crippen LogP contribution in [0.3, 0.4) is 0 Å². The van der Waals surface area contributed by atoms with E-state index in [-0.39, 0.29) is 17.5 Å². The van der Waals surface area contributed by atoms with Gasteiger partial charge in [-0.15, -0.1) is 0 Å². The summed E-state index contributed by atoms with van der Waals surface area (Å²) in [5.74, 6) is 0. The van der Waals surface area contributed by atoms with Crippen LogP contribution in [0.25, 0.3) is 152 Å². The van der Waals surface area contributed by atoms with Crippen molar-refractivity contribution in [2.75, 3.05) is 9.80 Å². The maximum absolute atomic E-state index is 2.67. The third-order valence-electron chi connectivity index (χ3n) is 23.5. The van der Waals surface area contributed by atoms with Crippen molar-refractivity contribution in [2.24, 2.45) is 0 Å². The highest BCUT2D eigenvalue weighted by atomic mass is 15.2. The molecular weight excluding hydrogens is 1240 g/mol. The Labute approximate surface area is 597 Å². The summed E-state index contributed by atoms with van der Waals surface area (Å²) in [5, 5.41) is 27.4. The highest BCUT2D eigenvalue weighted by Crippen LogP contribution is 2.52. The first kappa shape index (κ1) is 58.4. The van der Waals surface area contributed by atoms with Crippen molar-refractivity contribution in [1.29, 1.82) is 0 Å². The topological polar surface area (TPSA) is 16.3 Å². The third-order valence-corrected chi connectivity index (χ3v) is 23.5. The largest absolute Gasteiger partial charge is 0.311 e. The smallest absolute Gasteiger partial charge is 0.252 e. The van der Waals surface area contributed by atoms with E-state index in [1.807, 2.05) is 0 Å². The molecule has 0 fully saturated rings. The first-order chi connectivity index (χ1) is 50.4. The molecule has 20 aromatic rings. The summed E-state index contributed by atoms with van der Waals surface area (Å²) >= 11 is 0. The maximum atomic E-state index is 2.67. The van der Waals surface area contributed by atoms with Gasteiger partial charge >= 0.3 is 0 Å². The molecule has 0 bridgehead atoms. The molecule has 5 heteroatoms. The minimum Gasteiger partial charge on any atom is -0.311 e. The summed E-state index contributed by atoms with van der Waals surface area (Å²) in [7, 11) is 0. The van der Waals surface area contributed by atoms with Crippen LogP contribution in [0.4, 0.5) is 34.1 Å². The van der Waals surface area contributed by atoms with E-state index in [1.165, 1.54) is 163 Å². The number of nitrogens with zero attached hydrogens (tertiary/aromatic N) is 4. The summed E-state index contributed by atoms with van der Waals surface area (Å²) in [6, 6.07) is 119. The zero-order valence-corrected chi connectivity index (χ0v) is 58.3. The number of fused-ring (bicyclic) bond motifs is 28. The van der Waals surface area contributed by atoms with Crippen molar-refractivity contribution in [3.8, 4) is 11.4 Å². The molecule has 4 heterocycles. The van der Waals surface area contributed by atoms with Crippen molar-refractivity contribution in [1.82, 2.24) is 9.13 Å². The molecule has 22 rings (SSSR count). The molecule has 0 radical (unpaired) electrons. The molecule has 484 valence electrons. The number of anilines is 6. The van der Waals surface area contributed by atoms with E-state index in [4.69, 9.17) is 0 Å². The van der Waals surface area contributed by atoms with Gasteiger partial charge in [0.15, 0.2) is 0 Å². The second kappa shape index (κ2) is 21.1. The minimum absolute atomic E-state index is 0.0491. The van der Waals surface area contributed by atoms with Crippen LogP contribution >= 0.6 is 0 Å². The molecule has 2 aromatic heterocycles. The summed E-state index contributed by atoms with van der Waals surface area (Å²) in [6.45, 7) is 13.8. The molecule has 18 aromatic carbocycles. The zero-order valence-electron chi connectivity index (χ0n) is 58.3. The van der Waals surface area contributed by atoms with E-state index in [0.717, 1.165) is 50.8 Å². The number of para-hydroxylation sites is 2. The van der Waals surface area contributed by atoms with Crippen LogP contribution < -0.4 is 26.2 Å². The van der Waals surface area contributed by atoms with Gasteiger partial charge in [-0.1, -0.05) is 260 Å². The third kappa shape index (κ3) is 8.25. The lowest BCUT2D eigenvalue weighted by molar-refractivity contribution is 0.590. The van der Waals surface area contributed by atoms with Crippen LogP contribution in [-0.4, -0.2) is 15.8 Å². The molecule has 0 spiro atoms. The zero-order chi connectivity index (χ0) is 68.5. The molecule has 0 N–H and O–H groups in total. The van der Waals surface area contributed by atoms with Gasteiger partial charge in [0.25, 0.3) is 6.71 Å². The normalized spacial score (nSPS) is 13.3. The highest BCUT2D eigenvalue weighted by molar-refractivity contribution is 7.00. The van der Waals surface area contributed by atoms with Crippen molar-refractivity contribution >= 4 is 198 Å². The van der Waals surface area contributed by atoms with E-state index in [9.17, 15) is 0 Å². The van der Waals surface area contributed by atoms with E-state index >= 15 is 0 Å². The second-order valence-electron chi connectivity index (χ2n) is 31.1. The highest BCUT2D eigenvalue weighted by Gasteiger charge is 2.45. The lowest BCUT2D eigenvalue weighted by Crippen LogP contribution is -2.61. The number of hydrogen-bond acceptors (Lipinski definition) is 2. The lowest BCUT2D eigenvalue weighted by Gasteiger charge is -2.45. The fraction of sp³-hybridized carbons (Fsp3) is 0.0816. The molecule has 0 saturated carbocycles. The Morgan fingerprint density at radius 3 is 0.903 bits per heavy atom. The molecule has 103 heavy (non-hydrogen) atoms. The average Bonchev–Trinajstić information content (AvgIpc) is 1.02. The van der Waals surface area contributed by atoms with E-state index < -0.39 is 0 Å². The van der Waals surface area contributed by atoms with Gasteiger partial charge in [-0.2, -0.15) is 0 Å². The number of benzene rings is 18. The lowest BCUT2D eigenvalue weighted by atomic mass is 9.33. The number of hydrogen-bond donors (Lipinski definition) is 0. The predicted molar refractivity (Wildman–Crippen MR) is 444 cm³/mol. The van der Waals surface area contributed by atoms with Gasteiger partial charge in [-0.3, -0.25) is 0 Å². The van der Waals surface area contributed by atoms with Gasteiger partial charge < -0.3 is 18.9 Å². The molecule has 2 aliphatic rings. The van der Waals surface area contributed by atoms with Crippen LogP contribution in [0.15, 0.2) is 309 Å². The molecule has 0 saturated heterocycles. The summed E-state index contributed by atoms with van der Waals surface area (Å²) < 4.78 is 5.11. The van der Waals surface area contributed by atoms with Gasteiger partial charge in [0.05, 0.1) is 27.8 Å². The number of aromatic nitrogens is 2. The average molecular weight is 1310 g/mol. The Morgan fingerprint density at radius 2 is 0.505 bits per heavy atom. The monoisotopic (exact) mass is 1310 g/mol. The van der Waals surface area contributed by atoms with Crippen LogP contribution in [0.2, 0.25) is 0 Å². The molecule has 2 aliphatic heterocycles. The van der Waals surface area contributed by atoms with Gasteiger partial charge in [-0.25, -0.2) is 0 Å². The fourth-order valence-electron chi connectivity index (χ4n) is 18.7. The summed E-state index contributed by atoms with van der Waals surface area (Å²) in [4.78, 5) is 5.34. The van der Waals surface area contributed by atoms with Crippen molar-refractivity contribution in [3.05, 3.63) is 321 Å². The number of rotatable bonds is 4. The Balaban J connectivity index is 0.917. The first-order valence-corrected chi connectivity index (χ1v) is 36.4. The molecule has 0 amide bonds. The Hall–Kier alpha value is -12.4. The Bertz CT molecular complexity index is 6980. The quantitative estimate of drug-likeness (QED) is 0.129.